The summed E-state index contributed by atoms with van der Waals surface area (Å²) in [6.07, 6.45) is 6.24. The summed E-state index contributed by atoms with van der Waals surface area (Å²) >= 11 is 0. The van der Waals surface area contributed by atoms with Crippen LogP contribution in [0.1, 0.15) is 36.8 Å². The second kappa shape index (κ2) is 16.9. The molecule has 7 nitrogen and oxygen atoms in total. The summed E-state index contributed by atoms with van der Waals surface area (Å²) in [6.45, 7) is 3.62. The molecule has 0 aliphatic heterocycles. The molecule has 0 aromatic heterocycles. The molecule has 0 unspecified atom stereocenters. The van der Waals surface area contributed by atoms with Crippen LogP contribution in [0.4, 0.5) is 5.69 Å². The molecule has 0 fully saturated rings. The van der Waals surface area contributed by atoms with Gasteiger partial charge in [-0.2, -0.15) is 0 Å². The highest BCUT2D eigenvalue weighted by Gasteiger charge is 2.18. The average molecular weight is 563 g/mol. The molecule has 0 spiro atoms. The molecule has 0 saturated carbocycles. The highest BCUT2D eigenvalue weighted by atomic mass is 79.9. The first-order valence-corrected chi connectivity index (χ1v) is 10.2. The molecule has 0 heterocycles. The maximum atomic E-state index is 10.9. The number of halogens is 2. The van der Waals surface area contributed by atoms with Gasteiger partial charge in [0.15, 0.2) is 5.75 Å². The standard InChI is InChI=1S/C22H31N3O4.2BrH/c26-21-17-19(16-20(22(21)27)25(28)29)11-15-24-13-7-2-1-6-12-23-14-10-18-8-4-3-5-9-18;;/h3-5,8-9,16-17,23-24,26-27H,1-2,6-7,10-15H2;2*1H. The molecule has 0 atom stereocenters. The third-order valence-electron chi connectivity index (χ3n) is 4.81. The Hall–Kier alpha value is -1.68. The number of benzene rings is 2. The number of rotatable bonds is 14. The van der Waals surface area contributed by atoms with Crippen molar-refractivity contribution in [3.63, 3.8) is 0 Å². The molecule has 174 valence electrons. The molecule has 2 rings (SSSR count). The minimum Gasteiger partial charge on any atom is -0.504 e. The molecule has 31 heavy (non-hydrogen) atoms. The Morgan fingerprint density at radius 1 is 0.774 bits per heavy atom. The van der Waals surface area contributed by atoms with Crippen LogP contribution in [0.5, 0.6) is 11.5 Å². The van der Waals surface area contributed by atoms with Gasteiger partial charge in [0.25, 0.3) is 0 Å². The molecule has 0 aliphatic rings. The van der Waals surface area contributed by atoms with Gasteiger partial charge < -0.3 is 20.8 Å². The van der Waals surface area contributed by atoms with E-state index in [2.05, 4.69) is 34.9 Å². The summed E-state index contributed by atoms with van der Waals surface area (Å²) in [6, 6.07) is 13.2. The summed E-state index contributed by atoms with van der Waals surface area (Å²) in [5, 5.41) is 36.7. The van der Waals surface area contributed by atoms with Crippen LogP contribution < -0.4 is 10.6 Å². The molecule has 0 saturated heterocycles. The van der Waals surface area contributed by atoms with E-state index < -0.39 is 22.1 Å². The predicted octanol–water partition coefficient (Wildman–Crippen LogP) is 4.69. The predicted molar refractivity (Wildman–Crippen MR) is 135 cm³/mol. The lowest BCUT2D eigenvalue weighted by molar-refractivity contribution is -0.386. The molecule has 2 aromatic carbocycles. The Labute approximate surface area is 205 Å². The van der Waals surface area contributed by atoms with Crippen LogP contribution in [-0.2, 0) is 12.8 Å². The van der Waals surface area contributed by atoms with Gasteiger partial charge in [-0.15, -0.1) is 34.0 Å². The van der Waals surface area contributed by atoms with Gasteiger partial charge in [-0.05, 0) is 69.1 Å². The van der Waals surface area contributed by atoms with Gasteiger partial charge in [0.2, 0.25) is 5.75 Å². The second-order valence-corrected chi connectivity index (χ2v) is 7.14. The lowest BCUT2D eigenvalue weighted by Gasteiger charge is -2.07. The number of nitro groups is 1. The molecule has 2 aromatic rings. The number of aromatic hydroxyl groups is 2. The normalized spacial score (nSPS) is 10.2. The van der Waals surface area contributed by atoms with Crippen LogP contribution in [0, 0.1) is 10.1 Å². The lowest BCUT2D eigenvalue weighted by Crippen LogP contribution is -2.19. The SMILES string of the molecule is Br.Br.O=[N+]([O-])c1cc(CCNCCCCCCNCCc2ccccc2)cc(O)c1O. The molecule has 4 N–H and O–H groups in total. The molecule has 0 aliphatic carbocycles. The lowest BCUT2D eigenvalue weighted by atomic mass is 10.1. The van der Waals surface area contributed by atoms with E-state index in [1.54, 1.807) is 0 Å². The van der Waals surface area contributed by atoms with Gasteiger partial charge in [0, 0.05) is 6.07 Å². The van der Waals surface area contributed by atoms with Gasteiger partial charge in [-0.25, -0.2) is 0 Å². The molecule has 9 heteroatoms. The number of hydrogen-bond acceptors (Lipinski definition) is 6. The van der Waals surface area contributed by atoms with Gasteiger partial charge >= 0.3 is 5.69 Å². The number of nitro benzene ring substituents is 1. The van der Waals surface area contributed by atoms with Crippen LogP contribution in [0.25, 0.3) is 0 Å². The van der Waals surface area contributed by atoms with Crippen molar-refractivity contribution in [3.05, 3.63) is 63.7 Å². The van der Waals surface area contributed by atoms with E-state index in [1.807, 2.05) is 6.07 Å². The third-order valence-corrected chi connectivity index (χ3v) is 4.81. The summed E-state index contributed by atoms with van der Waals surface area (Å²) in [5.74, 6) is -1.13. The van der Waals surface area contributed by atoms with Crippen LogP contribution in [0.2, 0.25) is 0 Å². The van der Waals surface area contributed by atoms with E-state index in [4.69, 9.17) is 0 Å². The number of unbranched alkanes of at least 4 members (excludes halogenated alkanes) is 3. The zero-order valence-corrected chi connectivity index (χ0v) is 21.0. The Kier molecular flexibility index (Phi) is 16.0. The van der Waals surface area contributed by atoms with Crippen molar-refractivity contribution in [3.8, 4) is 11.5 Å². The minimum atomic E-state index is -0.692. The van der Waals surface area contributed by atoms with E-state index in [-0.39, 0.29) is 34.0 Å². The summed E-state index contributed by atoms with van der Waals surface area (Å²) in [7, 11) is 0. The van der Waals surface area contributed by atoms with Crippen LogP contribution in [0.3, 0.4) is 0 Å². The van der Waals surface area contributed by atoms with E-state index >= 15 is 0 Å². The van der Waals surface area contributed by atoms with Crippen LogP contribution in [-0.4, -0.2) is 41.3 Å². The second-order valence-electron chi connectivity index (χ2n) is 7.14. The van der Waals surface area contributed by atoms with Gasteiger partial charge in [-0.1, -0.05) is 43.2 Å². The maximum absolute atomic E-state index is 10.9. The monoisotopic (exact) mass is 561 g/mol. The topological polar surface area (TPSA) is 108 Å². The number of hydrogen-bond donors (Lipinski definition) is 4. The highest BCUT2D eigenvalue weighted by molar-refractivity contribution is 8.93. The fourth-order valence-electron chi connectivity index (χ4n) is 3.16. The van der Waals surface area contributed by atoms with Crippen molar-refractivity contribution in [1.29, 1.82) is 0 Å². The number of phenolic OH excluding ortho intramolecular Hbond substituents is 2. The fraction of sp³-hybridized carbons (Fsp3) is 0.455. The van der Waals surface area contributed by atoms with Gasteiger partial charge in [0.1, 0.15) is 0 Å². The maximum Gasteiger partial charge on any atom is 0.314 e. The third kappa shape index (κ3) is 11.5. The van der Waals surface area contributed by atoms with Gasteiger partial charge in [-0.3, -0.25) is 10.1 Å². The first-order valence-electron chi connectivity index (χ1n) is 10.2. The quantitative estimate of drug-likeness (QED) is 0.115. The first-order chi connectivity index (χ1) is 14.1. The van der Waals surface area contributed by atoms with Crippen molar-refractivity contribution < 1.29 is 15.1 Å². The Morgan fingerprint density at radius 3 is 1.87 bits per heavy atom. The van der Waals surface area contributed by atoms with Crippen molar-refractivity contribution in [2.75, 3.05) is 26.2 Å². The molecule has 0 amide bonds. The highest BCUT2D eigenvalue weighted by Crippen LogP contribution is 2.36. The van der Waals surface area contributed by atoms with Crippen LogP contribution in [0.15, 0.2) is 42.5 Å². The summed E-state index contributed by atoms with van der Waals surface area (Å²) < 4.78 is 0. The Bertz CT molecular complexity index is 764. The zero-order chi connectivity index (χ0) is 20.9. The number of nitrogens with one attached hydrogen (secondary N) is 2. The average Bonchev–Trinajstić information content (AvgIpc) is 2.71. The number of nitrogens with zero attached hydrogens (tertiary/aromatic N) is 1. The summed E-state index contributed by atoms with van der Waals surface area (Å²) in [4.78, 5) is 10.2. The zero-order valence-electron chi connectivity index (χ0n) is 17.6. The van der Waals surface area contributed by atoms with E-state index in [0.29, 0.717) is 18.5 Å². The molecular formula is C22H33Br2N3O4. The van der Waals surface area contributed by atoms with Crippen molar-refractivity contribution in [1.82, 2.24) is 10.6 Å². The van der Waals surface area contributed by atoms with Crippen LogP contribution >= 0.6 is 34.0 Å². The van der Waals surface area contributed by atoms with E-state index in [0.717, 1.165) is 32.5 Å². The molecule has 0 radical (unpaired) electrons. The van der Waals surface area contributed by atoms with Crippen molar-refractivity contribution in [2.24, 2.45) is 0 Å². The molecular weight excluding hydrogens is 530 g/mol. The largest absolute Gasteiger partial charge is 0.504 e. The number of phenols is 2. The minimum absolute atomic E-state index is 0. The van der Waals surface area contributed by atoms with Crippen molar-refractivity contribution in [2.45, 2.75) is 38.5 Å². The summed E-state index contributed by atoms with van der Waals surface area (Å²) in [5.41, 5.74) is 1.53. The van der Waals surface area contributed by atoms with E-state index in [9.17, 15) is 20.3 Å². The van der Waals surface area contributed by atoms with E-state index in [1.165, 1.54) is 37.0 Å². The smallest absolute Gasteiger partial charge is 0.314 e. The fourth-order valence-corrected chi connectivity index (χ4v) is 3.16. The first kappa shape index (κ1) is 29.3. The molecule has 0 bridgehead atoms. The van der Waals surface area contributed by atoms with Gasteiger partial charge in [0.05, 0.1) is 4.92 Å². The Morgan fingerprint density at radius 2 is 1.32 bits per heavy atom. The Balaban J connectivity index is 0.00000450. The van der Waals surface area contributed by atoms with Crippen molar-refractivity contribution >= 4 is 39.7 Å².